The summed E-state index contributed by atoms with van der Waals surface area (Å²) in [5.74, 6) is 0. The third-order valence-corrected chi connectivity index (χ3v) is 4.76. The zero-order valence-electron chi connectivity index (χ0n) is 14.7. The average molecular weight is 300 g/mol. The Kier molecular flexibility index (Phi) is 8.17. The molecule has 0 bridgehead atoms. The fraction of sp³-hybridized carbons (Fsp3) is 1.00. The molecule has 0 heterocycles. The highest BCUT2D eigenvalue weighted by molar-refractivity contribution is 4.95. The number of nitrogens with one attached hydrogen (secondary N) is 1. The van der Waals surface area contributed by atoms with Gasteiger partial charge in [-0.15, -0.1) is 0 Å². The molecule has 2 unspecified atom stereocenters. The van der Waals surface area contributed by atoms with Crippen molar-refractivity contribution in [1.82, 2.24) is 10.2 Å². The van der Waals surface area contributed by atoms with E-state index in [4.69, 9.17) is 4.74 Å². The fourth-order valence-corrected chi connectivity index (χ4v) is 3.38. The highest BCUT2D eigenvalue weighted by atomic mass is 16.5. The van der Waals surface area contributed by atoms with Crippen LogP contribution in [0.2, 0.25) is 0 Å². The Balaban J connectivity index is 2.65. The monoisotopic (exact) mass is 300 g/mol. The standard InChI is InChI=1S/C17H36N2O2/c1-6-16(7-2)19(10-11-21-5)14(3)12-17(4,13-20)18-15-8-9-15/h14-16,18,20H,6-13H2,1-5H3. The van der Waals surface area contributed by atoms with E-state index in [1.54, 1.807) is 7.11 Å². The lowest BCUT2D eigenvalue weighted by atomic mass is 9.92. The summed E-state index contributed by atoms with van der Waals surface area (Å²) in [5, 5.41) is 13.4. The lowest BCUT2D eigenvalue weighted by Gasteiger charge is -2.40. The van der Waals surface area contributed by atoms with Crippen LogP contribution in [0.3, 0.4) is 0 Å². The van der Waals surface area contributed by atoms with Crippen molar-refractivity contribution < 1.29 is 9.84 Å². The zero-order valence-corrected chi connectivity index (χ0v) is 14.7. The minimum Gasteiger partial charge on any atom is -0.394 e. The van der Waals surface area contributed by atoms with Gasteiger partial charge < -0.3 is 15.2 Å². The van der Waals surface area contributed by atoms with Gasteiger partial charge in [0.05, 0.1) is 13.2 Å². The first-order chi connectivity index (χ1) is 9.99. The number of hydrogen-bond donors (Lipinski definition) is 2. The van der Waals surface area contributed by atoms with Gasteiger partial charge in [-0.25, -0.2) is 0 Å². The maximum Gasteiger partial charge on any atom is 0.0611 e. The van der Waals surface area contributed by atoms with E-state index in [9.17, 15) is 5.11 Å². The van der Waals surface area contributed by atoms with Crippen LogP contribution in [0.1, 0.15) is 59.8 Å². The van der Waals surface area contributed by atoms with Gasteiger partial charge in [-0.2, -0.15) is 0 Å². The lowest BCUT2D eigenvalue weighted by molar-refractivity contribution is 0.0579. The van der Waals surface area contributed by atoms with Gasteiger partial charge in [0.2, 0.25) is 0 Å². The Morgan fingerprint density at radius 2 is 1.95 bits per heavy atom. The number of methoxy groups -OCH3 is 1. The van der Waals surface area contributed by atoms with Crippen LogP contribution in [0, 0.1) is 0 Å². The van der Waals surface area contributed by atoms with Crippen LogP contribution < -0.4 is 5.32 Å². The molecule has 126 valence electrons. The number of aliphatic hydroxyl groups is 1. The number of rotatable bonds is 12. The predicted molar refractivity (Wildman–Crippen MR) is 88.7 cm³/mol. The third kappa shape index (κ3) is 6.23. The van der Waals surface area contributed by atoms with Crippen LogP contribution in [-0.2, 0) is 4.74 Å². The van der Waals surface area contributed by atoms with Gasteiger partial charge in [-0.05, 0) is 46.0 Å². The topological polar surface area (TPSA) is 44.7 Å². The molecule has 1 rings (SSSR count). The molecular weight excluding hydrogens is 264 g/mol. The fourth-order valence-electron chi connectivity index (χ4n) is 3.38. The third-order valence-electron chi connectivity index (χ3n) is 4.76. The van der Waals surface area contributed by atoms with Crippen LogP contribution in [0.15, 0.2) is 0 Å². The van der Waals surface area contributed by atoms with Crippen LogP contribution in [-0.4, -0.2) is 60.5 Å². The van der Waals surface area contributed by atoms with Crippen molar-refractivity contribution in [3.63, 3.8) is 0 Å². The Hall–Kier alpha value is -0.160. The van der Waals surface area contributed by atoms with E-state index in [0.717, 1.165) is 32.4 Å². The first kappa shape index (κ1) is 18.9. The summed E-state index contributed by atoms with van der Waals surface area (Å²) in [6, 6.07) is 1.65. The summed E-state index contributed by atoms with van der Waals surface area (Å²) in [4.78, 5) is 2.56. The van der Waals surface area contributed by atoms with E-state index in [2.05, 4.69) is 37.9 Å². The normalized spacial score (nSPS) is 20.0. The second kappa shape index (κ2) is 9.09. The van der Waals surface area contributed by atoms with Crippen molar-refractivity contribution in [1.29, 1.82) is 0 Å². The van der Waals surface area contributed by atoms with Crippen LogP contribution >= 0.6 is 0 Å². The summed E-state index contributed by atoms with van der Waals surface area (Å²) in [5.41, 5.74) is -0.169. The number of nitrogens with zero attached hydrogens (tertiary/aromatic N) is 1. The smallest absolute Gasteiger partial charge is 0.0611 e. The average Bonchev–Trinajstić information content (AvgIpc) is 3.26. The first-order valence-electron chi connectivity index (χ1n) is 8.62. The maximum absolute atomic E-state index is 9.82. The Morgan fingerprint density at radius 1 is 1.33 bits per heavy atom. The second-order valence-electron chi connectivity index (χ2n) is 6.89. The molecule has 2 N–H and O–H groups in total. The van der Waals surface area contributed by atoms with Crippen LogP contribution in [0.5, 0.6) is 0 Å². The summed E-state index contributed by atoms with van der Waals surface area (Å²) in [6.45, 7) is 10.9. The number of hydrogen-bond acceptors (Lipinski definition) is 4. The molecule has 4 heteroatoms. The predicted octanol–water partition coefficient (Wildman–Crippen LogP) is 2.41. The summed E-state index contributed by atoms with van der Waals surface area (Å²) in [6.07, 6.45) is 5.81. The zero-order chi connectivity index (χ0) is 15.9. The van der Waals surface area contributed by atoms with Crippen LogP contribution in [0.4, 0.5) is 0 Å². The van der Waals surface area contributed by atoms with Gasteiger partial charge in [0.1, 0.15) is 0 Å². The van der Waals surface area contributed by atoms with Gasteiger partial charge in [0.25, 0.3) is 0 Å². The van der Waals surface area contributed by atoms with Crippen molar-refractivity contribution in [3.05, 3.63) is 0 Å². The highest BCUT2D eigenvalue weighted by Crippen LogP contribution is 2.26. The van der Waals surface area contributed by atoms with E-state index in [0.29, 0.717) is 18.1 Å². The maximum atomic E-state index is 9.82. The van der Waals surface area contributed by atoms with Crippen LogP contribution in [0.25, 0.3) is 0 Å². The molecule has 0 aromatic rings. The van der Waals surface area contributed by atoms with Crippen molar-refractivity contribution in [2.24, 2.45) is 0 Å². The minimum atomic E-state index is -0.169. The van der Waals surface area contributed by atoms with E-state index in [1.165, 1.54) is 12.8 Å². The van der Waals surface area contributed by atoms with Gasteiger partial charge in [-0.1, -0.05) is 13.8 Å². The van der Waals surface area contributed by atoms with Crippen molar-refractivity contribution >= 4 is 0 Å². The molecule has 0 saturated heterocycles. The molecule has 1 aliphatic carbocycles. The van der Waals surface area contributed by atoms with E-state index >= 15 is 0 Å². The highest BCUT2D eigenvalue weighted by Gasteiger charge is 2.35. The van der Waals surface area contributed by atoms with Gasteiger partial charge >= 0.3 is 0 Å². The van der Waals surface area contributed by atoms with Gasteiger partial charge in [0.15, 0.2) is 0 Å². The molecule has 0 aliphatic heterocycles. The first-order valence-corrected chi connectivity index (χ1v) is 8.62. The van der Waals surface area contributed by atoms with Gasteiger partial charge in [-0.3, -0.25) is 4.90 Å². The molecule has 2 atom stereocenters. The molecule has 4 nitrogen and oxygen atoms in total. The molecule has 0 radical (unpaired) electrons. The molecule has 0 spiro atoms. The molecule has 0 amide bonds. The summed E-state index contributed by atoms with van der Waals surface area (Å²) >= 11 is 0. The van der Waals surface area contributed by atoms with Crippen molar-refractivity contribution in [3.8, 4) is 0 Å². The van der Waals surface area contributed by atoms with Crippen molar-refractivity contribution in [2.75, 3.05) is 26.9 Å². The second-order valence-corrected chi connectivity index (χ2v) is 6.89. The molecule has 1 fully saturated rings. The Labute approximate surface area is 131 Å². The van der Waals surface area contributed by atoms with E-state index in [-0.39, 0.29) is 12.1 Å². The summed E-state index contributed by atoms with van der Waals surface area (Å²) in [7, 11) is 1.77. The molecule has 21 heavy (non-hydrogen) atoms. The molecule has 1 saturated carbocycles. The largest absolute Gasteiger partial charge is 0.394 e. The van der Waals surface area contributed by atoms with E-state index < -0.39 is 0 Å². The van der Waals surface area contributed by atoms with E-state index in [1.807, 2.05) is 0 Å². The minimum absolute atomic E-state index is 0.169. The van der Waals surface area contributed by atoms with Crippen molar-refractivity contribution in [2.45, 2.75) is 83.5 Å². The molecular formula is C17H36N2O2. The molecule has 1 aliphatic rings. The van der Waals surface area contributed by atoms with Gasteiger partial charge in [0, 0.05) is 37.3 Å². The number of aliphatic hydroxyl groups excluding tert-OH is 1. The Bertz CT molecular complexity index is 280. The lowest BCUT2D eigenvalue weighted by Crippen LogP contribution is -2.53. The molecule has 0 aromatic heterocycles. The Morgan fingerprint density at radius 3 is 2.38 bits per heavy atom. The number of ether oxygens (including phenoxy) is 1. The SMILES string of the molecule is CCC(CC)N(CCOC)C(C)CC(C)(CO)NC1CC1. The molecule has 0 aromatic carbocycles. The quantitative estimate of drug-likeness (QED) is 0.581. The summed E-state index contributed by atoms with van der Waals surface area (Å²) < 4.78 is 5.29.